The fourth-order valence-electron chi connectivity index (χ4n) is 1.51. The Morgan fingerprint density at radius 2 is 1.82 bits per heavy atom. The molecule has 0 saturated carbocycles. The number of piperidine rings is 1. The second kappa shape index (κ2) is 4.70. The molecule has 2 N–H and O–H groups in total. The average Bonchev–Trinajstić information content (AvgIpc) is 2.07. The zero-order valence-corrected chi connectivity index (χ0v) is 6.87. The summed E-state index contributed by atoms with van der Waals surface area (Å²) in [5.74, 6) is 0. The highest BCUT2D eigenvalue weighted by molar-refractivity contribution is 4.66. The first-order chi connectivity index (χ1) is 5.34. The zero-order valence-electron chi connectivity index (χ0n) is 6.87. The quantitative estimate of drug-likeness (QED) is 0.617. The monoisotopic (exact) mass is 159 g/mol. The fourth-order valence-corrected chi connectivity index (χ4v) is 1.51. The normalized spacial score (nSPS) is 23.5. The van der Waals surface area contributed by atoms with Crippen molar-refractivity contribution in [3.05, 3.63) is 0 Å². The first kappa shape index (κ1) is 8.97. The molecule has 0 bridgehead atoms. The lowest BCUT2D eigenvalue weighted by Gasteiger charge is -2.30. The highest BCUT2D eigenvalue weighted by atomic mass is 16.3. The largest absolute Gasteiger partial charge is 0.396 e. The molecule has 1 fully saturated rings. The number of hydrogen-bond acceptors (Lipinski definition) is 3. The van der Waals surface area contributed by atoms with E-state index in [9.17, 15) is 5.11 Å². The number of aliphatic hydroxyl groups excluding tert-OH is 2. The predicted molar refractivity (Wildman–Crippen MR) is 43.1 cm³/mol. The van der Waals surface area contributed by atoms with Gasteiger partial charge in [-0.15, -0.1) is 0 Å². The molecule has 1 aliphatic heterocycles. The second-order valence-electron chi connectivity index (χ2n) is 3.09. The van der Waals surface area contributed by atoms with E-state index >= 15 is 0 Å². The standard InChI is InChI=1S/C8H17NO2/c10-7-4-8(11)9-5-2-1-3-6-9/h8,10-11H,1-7H2. The number of rotatable bonds is 3. The van der Waals surface area contributed by atoms with Gasteiger partial charge in [0, 0.05) is 26.1 Å². The zero-order chi connectivity index (χ0) is 8.10. The Hall–Kier alpha value is -0.120. The van der Waals surface area contributed by atoms with Gasteiger partial charge in [0.15, 0.2) is 0 Å². The fraction of sp³-hybridized carbons (Fsp3) is 1.00. The minimum atomic E-state index is -0.416. The molecule has 0 aliphatic carbocycles. The van der Waals surface area contributed by atoms with Crippen molar-refractivity contribution < 1.29 is 10.2 Å². The first-order valence-corrected chi connectivity index (χ1v) is 4.37. The Morgan fingerprint density at radius 1 is 1.18 bits per heavy atom. The van der Waals surface area contributed by atoms with Gasteiger partial charge in [-0.1, -0.05) is 6.42 Å². The van der Waals surface area contributed by atoms with Gasteiger partial charge in [0.05, 0.1) is 0 Å². The molecule has 0 spiro atoms. The first-order valence-electron chi connectivity index (χ1n) is 4.37. The summed E-state index contributed by atoms with van der Waals surface area (Å²) in [5.41, 5.74) is 0. The van der Waals surface area contributed by atoms with Crippen LogP contribution in [0.4, 0.5) is 0 Å². The topological polar surface area (TPSA) is 43.7 Å². The number of hydrogen-bond donors (Lipinski definition) is 2. The van der Waals surface area contributed by atoms with Gasteiger partial charge in [-0.05, 0) is 12.8 Å². The SMILES string of the molecule is OCCC(O)N1CCCCC1. The third kappa shape index (κ3) is 2.77. The van der Waals surface area contributed by atoms with Crippen molar-refractivity contribution in [2.24, 2.45) is 0 Å². The number of likely N-dealkylation sites (tertiary alicyclic amines) is 1. The predicted octanol–water partition coefficient (Wildman–Crippen LogP) is 0.173. The molecule has 3 heteroatoms. The van der Waals surface area contributed by atoms with Crippen molar-refractivity contribution in [3.63, 3.8) is 0 Å². The maximum atomic E-state index is 9.44. The third-order valence-corrected chi connectivity index (χ3v) is 2.20. The van der Waals surface area contributed by atoms with E-state index in [2.05, 4.69) is 0 Å². The van der Waals surface area contributed by atoms with Gasteiger partial charge in [-0.2, -0.15) is 0 Å². The Morgan fingerprint density at radius 3 is 2.36 bits per heavy atom. The third-order valence-electron chi connectivity index (χ3n) is 2.20. The van der Waals surface area contributed by atoms with E-state index in [0.29, 0.717) is 6.42 Å². The Labute approximate surface area is 67.6 Å². The van der Waals surface area contributed by atoms with Gasteiger partial charge in [0.1, 0.15) is 6.23 Å². The molecular formula is C8H17NO2. The lowest BCUT2D eigenvalue weighted by Crippen LogP contribution is -2.39. The number of nitrogens with zero attached hydrogens (tertiary/aromatic N) is 1. The van der Waals surface area contributed by atoms with E-state index < -0.39 is 6.23 Å². The summed E-state index contributed by atoms with van der Waals surface area (Å²) in [6.07, 6.45) is 3.72. The van der Waals surface area contributed by atoms with Crippen LogP contribution in [0.15, 0.2) is 0 Å². The van der Waals surface area contributed by atoms with Crippen LogP contribution < -0.4 is 0 Å². The van der Waals surface area contributed by atoms with Gasteiger partial charge in [-0.25, -0.2) is 0 Å². The van der Waals surface area contributed by atoms with Gasteiger partial charge in [-0.3, -0.25) is 4.90 Å². The Kier molecular flexibility index (Phi) is 3.83. The smallest absolute Gasteiger partial charge is 0.109 e. The maximum absolute atomic E-state index is 9.44. The van der Waals surface area contributed by atoms with Crippen LogP contribution in [0.1, 0.15) is 25.7 Å². The Bertz CT molecular complexity index is 102. The van der Waals surface area contributed by atoms with Gasteiger partial charge in [0.25, 0.3) is 0 Å². The molecule has 0 radical (unpaired) electrons. The molecular weight excluding hydrogens is 142 g/mol. The molecule has 1 heterocycles. The van der Waals surface area contributed by atoms with Crippen LogP contribution in [0.25, 0.3) is 0 Å². The van der Waals surface area contributed by atoms with Crippen molar-refractivity contribution in [1.82, 2.24) is 4.90 Å². The van der Waals surface area contributed by atoms with Crippen LogP contribution in [0.5, 0.6) is 0 Å². The summed E-state index contributed by atoms with van der Waals surface area (Å²) in [4.78, 5) is 2.04. The molecule has 0 aromatic carbocycles. The summed E-state index contributed by atoms with van der Waals surface area (Å²) in [7, 11) is 0. The summed E-state index contributed by atoms with van der Waals surface area (Å²) < 4.78 is 0. The molecule has 11 heavy (non-hydrogen) atoms. The lowest BCUT2D eigenvalue weighted by molar-refractivity contribution is -0.0225. The van der Waals surface area contributed by atoms with Crippen LogP contribution in [-0.2, 0) is 0 Å². The van der Waals surface area contributed by atoms with E-state index in [4.69, 9.17) is 5.11 Å². The molecule has 0 aromatic rings. The van der Waals surface area contributed by atoms with E-state index in [1.165, 1.54) is 19.3 Å². The molecule has 66 valence electrons. The maximum Gasteiger partial charge on any atom is 0.109 e. The van der Waals surface area contributed by atoms with E-state index in [1.54, 1.807) is 0 Å². The van der Waals surface area contributed by atoms with Gasteiger partial charge >= 0.3 is 0 Å². The molecule has 1 aliphatic rings. The molecule has 1 atom stereocenters. The summed E-state index contributed by atoms with van der Waals surface area (Å²) in [6, 6.07) is 0. The molecule has 1 unspecified atom stereocenters. The molecule has 3 nitrogen and oxygen atoms in total. The summed E-state index contributed by atoms with van der Waals surface area (Å²) in [5, 5.41) is 18.0. The molecule has 1 rings (SSSR count). The minimum Gasteiger partial charge on any atom is -0.396 e. The lowest BCUT2D eigenvalue weighted by atomic mass is 10.1. The van der Waals surface area contributed by atoms with Gasteiger partial charge in [0.2, 0.25) is 0 Å². The highest BCUT2D eigenvalue weighted by Crippen LogP contribution is 2.11. The van der Waals surface area contributed by atoms with E-state index in [1.807, 2.05) is 4.90 Å². The van der Waals surface area contributed by atoms with Crippen LogP contribution in [0, 0.1) is 0 Å². The average molecular weight is 159 g/mol. The van der Waals surface area contributed by atoms with Crippen LogP contribution in [-0.4, -0.2) is 41.0 Å². The van der Waals surface area contributed by atoms with Gasteiger partial charge < -0.3 is 10.2 Å². The van der Waals surface area contributed by atoms with Crippen LogP contribution in [0.3, 0.4) is 0 Å². The summed E-state index contributed by atoms with van der Waals surface area (Å²) in [6.45, 7) is 2.06. The minimum absolute atomic E-state index is 0.0810. The van der Waals surface area contributed by atoms with E-state index in [-0.39, 0.29) is 6.61 Å². The molecule has 0 amide bonds. The van der Waals surface area contributed by atoms with Crippen molar-refractivity contribution >= 4 is 0 Å². The van der Waals surface area contributed by atoms with Crippen LogP contribution in [0.2, 0.25) is 0 Å². The van der Waals surface area contributed by atoms with Crippen molar-refractivity contribution in [3.8, 4) is 0 Å². The highest BCUT2D eigenvalue weighted by Gasteiger charge is 2.16. The van der Waals surface area contributed by atoms with Crippen molar-refractivity contribution in [1.29, 1.82) is 0 Å². The molecule has 1 saturated heterocycles. The summed E-state index contributed by atoms with van der Waals surface area (Å²) >= 11 is 0. The van der Waals surface area contributed by atoms with Crippen molar-refractivity contribution in [2.75, 3.05) is 19.7 Å². The second-order valence-corrected chi connectivity index (χ2v) is 3.09. The van der Waals surface area contributed by atoms with Crippen LogP contribution >= 0.6 is 0 Å². The van der Waals surface area contributed by atoms with Crippen molar-refractivity contribution in [2.45, 2.75) is 31.9 Å². The number of aliphatic hydroxyl groups is 2. The molecule has 0 aromatic heterocycles. The Balaban J connectivity index is 2.21. The van der Waals surface area contributed by atoms with E-state index in [0.717, 1.165) is 13.1 Å².